The molecule has 32 heavy (non-hydrogen) atoms. The van der Waals surface area contributed by atoms with Gasteiger partial charge in [-0.15, -0.1) is 0 Å². The molecule has 1 rings (SSSR count). The molecule has 0 spiro atoms. The van der Waals surface area contributed by atoms with Crippen LogP contribution in [0.15, 0.2) is 24.3 Å². The maximum Gasteiger partial charge on any atom is 0.341 e. The number of hydrogen-bond donors (Lipinski definition) is 4. The van der Waals surface area contributed by atoms with Gasteiger partial charge < -0.3 is 29.6 Å². The number of nitrogens with one attached hydrogen (secondary N) is 1. The zero-order chi connectivity index (χ0) is 24.3. The Hall–Kier alpha value is -3.02. The number of carboxylic acid groups (broad SMARTS) is 2. The summed E-state index contributed by atoms with van der Waals surface area (Å²) in [5.41, 5.74) is 0.278. The van der Waals surface area contributed by atoms with Crippen LogP contribution in [0.1, 0.15) is 38.7 Å². The lowest BCUT2D eigenvalue weighted by molar-refractivity contribution is -0.216. The van der Waals surface area contributed by atoms with Crippen LogP contribution >= 0.6 is 0 Å². The Morgan fingerprint density at radius 3 is 2.25 bits per heavy atom. The first-order valence-corrected chi connectivity index (χ1v) is 9.87. The highest BCUT2D eigenvalue weighted by molar-refractivity contribution is 5.88. The third kappa shape index (κ3) is 7.91. The molecule has 0 bridgehead atoms. The van der Waals surface area contributed by atoms with Crippen LogP contribution in [0.5, 0.6) is 5.75 Å². The Balaban J connectivity index is 2.97. The molecule has 0 fully saturated rings. The van der Waals surface area contributed by atoms with Crippen molar-refractivity contribution in [2.75, 3.05) is 7.11 Å². The molecule has 4 N–H and O–H groups in total. The summed E-state index contributed by atoms with van der Waals surface area (Å²) in [6, 6.07) is 5.38. The van der Waals surface area contributed by atoms with E-state index in [-0.39, 0.29) is 31.8 Å². The molecule has 11 nitrogen and oxygen atoms in total. The molecule has 0 saturated carbocycles. The third-order valence-electron chi connectivity index (χ3n) is 4.50. The van der Waals surface area contributed by atoms with Gasteiger partial charge in [0.2, 0.25) is 5.60 Å². The van der Waals surface area contributed by atoms with Crippen molar-refractivity contribution in [3.05, 3.63) is 29.8 Å². The lowest BCUT2D eigenvalue weighted by Crippen LogP contribution is -2.59. The molecule has 11 heteroatoms. The van der Waals surface area contributed by atoms with Crippen molar-refractivity contribution in [3.63, 3.8) is 0 Å². The number of carboxylic acids is 2. The minimum absolute atomic E-state index is 0.186. The van der Waals surface area contributed by atoms with Gasteiger partial charge in [-0.3, -0.25) is 9.63 Å². The zero-order valence-electron chi connectivity index (χ0n) is 18.1. The van der Waals surface area contributed by atoms with Gasteiger partial charge in [-0.2, -0.15) is 5.48 Å². The highest BCUT2D eigenvalue weighted by atomic mass is 16.7. The lowest BCUT2D eigenvalue weighted by Gasteiger charge is -2.34. The first-order valence-electron chi connectivity index (χ1n) is 9.87. The standard InChI is InChI=1S/C21H29NO10/c1-13(2)10-21(20(28)29,32-22-15(11-23)6-9-17(24)25)18(26)19(27)31-12-14-4-7-16(30-3)8-5-14/h4-5,7-8,11,13,15,18,22,26H,6,9-10,12H2,1-3H3,(H,24,25)(H,28,29)/t15-,18?,21?/m1/s1. The fourth-order valence-corrected chi connectivity index (χ4v) is 2.82. The molecule has 0 amide bonds. The number of hydroxylamine groups is 1. The second-order valence-corrected chi connectivity index (χ2v) is 7.55. The summed E-state index contributed by atoms with van der Waals surface area (Å²) in [4.78, 5) is 51.7. The average Bonchev–Trinajstić information content (AvgIpc) is 2.75. The van der Waals surface area contributed by atoms with Crippen molar-refractivity contribution in [1.29, 1.82) is 0 Å². The summed E-state index contributed by atoms with van der Waals surface area (Å²) in [5, 5.41) is 29.1. The monoisotopic (exact) mass is 455 g/mol. The van der Waals surface area contributed by atoms with E-state index < -0.39 is 35.7 Å². The van der Waals surface area contributed by atoms with Crippen LogP contribution in [0.2, 0.25) is 0 Å². The Morgan fingerprint density at radius 1 is 1.16 bits per heavy atom. The first-order chi connectivity index (χ1) is 15.0. The van der Waals surface area contributed by atoms with Crippen molar-refractivity contribution in [3.8, 4) is 5.75 Å². The largest absolute Gasteiger partial charge is 0.497 e. The number of carbonyl (C=O) groups is 4. The van der Waals surface area contributed by atoms with E-state index >= 15 is 0 Å². The van der Waals surface area contributed by atoms with Crippen LogP contribution < -0.4 is 10.2 Å². The predicted molar refractivity (Wildman–Crippen MR) is 110 cm³/mol. The van der Waals surface area contributed by atoms with E-state index in [9.17, 15) is 29.4 Å². The van der Waals surface area contributed by atoms with Crippen molar-refractivity contribution in [2.45, 2.75) is 57.5 Å². The fraction of sp³-hybridized carbons (Fsp3) is 0.524. The summed E-state index contributed by atoms with van der Waals surface area (Å²) in [6.45, 7) is 3.07. The maximum absolute atomic E-state index is 12.5. The highest BCUT2D eigenvalue weighted by Crippen LogP contribution is 2.27. The molecule has 3 atom stereocenters. The summed E-state index contributed by atoms with van der Waals surface area (Å²) >= 11 is 0. The lowest BCUT2D eigenvalue weighted by atomic mass is 9.87. The van der Waals surface area contributed by atoms with Crippen LogP contribution in [0.4, 0.5) is 0 Å². The van der Waals surface area contributed by atoms with Gasteiger partial charge in [0.05, 0.1) is 13.2 Å². The SMILES string of the molecule is COc1ccc(COC(=O)C(O)C(CC(C)C)(ON[C@@H](C=O)CCC(=O)O)C(=O)O)cc1. The number of aliphatic hydroxyl groups is 1. The molecule has 0 aliphatic carbocycles. The Morgan fingerprint density at radius 2 is 1.78 bits per heavy atom. The smallest absolute Gasteiger partial charge is 0.341 e. The van der Waals surface area contributed by atoms with Crippen molar-refractivity contribution in [1.82, 2.24) is 5.48 Å². The highest BCUT2D eigenvalue weighted by Gasteiger charge is 2.52. The van der Waals surface area contributed by atoms with Gasteiger partial charge in [0.15, 0.2) is 6.10 Å². The molecule has 2 unspecified atom stereocenters. The Kier molecular flexibility index (Phi) is 10.8. The molecule has 1 aromatic carbocycles. The second-order valence-electron chi connectivity index (χ2n) is 7.55. The van der Waals surface area contributed by atoms with Crippen molar-refractivity contribution < 1.29 is 48.8 Å². The zero-order valence-corrected chi connectivity index (χ0v) is 18.1. The molecule has 0 heterocycles. The summed E-state index contributed by atoms with van der Waals surface area (Å²) in [7, 11) is 1.50. The van der Waals surface area contributed by atoms with Crippen LogP contribution in [0.3, 0.4) is 0 Å². The molecule has 1 aromatic rings. The molecular formula is C21H29NO10. The van der Waals surface area contributed by atoms with E-state index in [1.165, 1.54) is 7.11 Å². The van der Waals surface area contributed by atoms with E-state index in [1.807, 2.05) is 0 Å². The van der Waals surface area contributed by atoms with E-state index in [0.717, 1.165) is 0 Å². The molecule has 0 aliphatic heterocycles. The summed E-state index contributed by atoms with van der Waals surface area (Å²) < 4.78 is 10.1. The first kappa shape index (κ1) is 27.0. The Labute approximate surface area is 185 Å². The van der Waals surface area contributed by atoms with E-state index in [1.54, 1.807) is 38.1 Å². The molecular weight excluding hydrogens is 426 g/mol. The van der Waals surface area contributed by atoms with E-state index in [4.69, 9.17) is 19.4 Å². The van der Waals surface area contributed by atoms with Gasteiger partial charge in [0, 0.05) is 6.42 Å². The molecule has 0 aliphatic rings. The van der Waals surface area contributed by atoms with Crippen LogP contribution in [0.25, 0.3) is 0 Å². The van der Waals surface area contributed by atoms with E-state index in [2.05, 4.69) is 5.48 Å². The molecule has 0 radical (unpaired) electrons. The topological polar surface area (TPSA) is 169 Å². The predicted octanol–water partition coefficient (Wildman–Crippen LogP) is 0.922. The van der Waals surface area contributed by atoms with Gasteiger partial charge in [-0.1, -0.05) is 26.0 Å². The van der Waals surface area contributed by atoms with Crippen molar-refractivity contribution >= 4 is 24.2 Å². The number of esters is 1. The number of benzene rings is 1. The minimum atomic E-state index is -2.48. The number of hydrogen-bond acceptors (Lipinski definition) is 9. The van der Waals surface area contributed by atoms with Crippen LogP contribution in [-0.2, 0) is 35.4 Å². The summed E-state index contributed by atoms with van der Waals surface area (Å²) in [6.07, 6.45) is -2.76. The quantitative estimate of drug-likeness (QED) is 0.168. The number of aliphatic hydroxyl groups excluding tert-OH is 1. The van der Waals surface area contributed by atoms with Crippen molar-refractivity contribution in [2.24, 2.45) is 5.92 Å². The normalized spacial score (nSPS) is 14.8. The maximum atomic E-state index is 12.5. The van der Waals surface area contributed by atoms with Crippen LogP contribution in [0, 0.1) is 5.92 Å². The van der Waals surface area contributed by atoms with E-state index in [0.29, 0.717) is 17.6 Å². The van der Waals surface area contributed by atoms with Gasteiger partial charge in [-0.05, 0) is 36.5 Å². The average molecular weight is 455 g/mol. The van der Waals surface area contributed by atoms with Gasteiger partial charge in [0.25, 0.3) is 0 Å². The van der Waals surface area contributed by atoms with Gasteiger partial charge in [0.1, 0.15) is 18.6 Å². The summed E-state index contributed by atoms with van der Waals surface area (Å²) in [5.74, 6) is -3.80. The second kappa shape index (κ2) is 12.7. The number of aliphatic carboxylic acids is 2. The molecule has 0 saturated heterocycles. The van der Waals surface area contributed by atoms with Crippen LogP contribution in [-0.4, -0.2) is 64.4 Å². The molecule has 178 valence electrons. The number of ether oxygens (including phenoxy) is 2. The number of methoxy groups -OCH3 is 1. The number of carbonyl (C=O) groups excluding carboxylic acids is 2. The fourth-order valence-electron chi connectivity index (χ4n) is 2.82. The number of rotatable bonds is 15. The minimum Gasteiger partial charge on any atom is -0.497 e. The van der Waals surface area contributed by atoms with Gasteiger partial charge in [-0.25, -0.2) is 9.59 Å². The third-order valence-corrected chi connectivity index (χ3v) is 4.50. The number of aldehydes is 1. The molecule has 0 aromatic heterocycles. The Bertz CT molecular complexity index is 779. The van der Waals surface area contributed by atoms with Gasteiger partial charge >= 0.3 is 17.9 Å².